The van der Waals surface area contributed by atoms with Crippen molar-refractivity contribution in [3.05, 3.63) is 23.6 Å². The van der Waals surface area contributed by atoms with Crippen molar-refractivity contribution < 1.29 is 9.18 Å². The fourth-order valence-electron chi connectivity index (χ4n) is 1.87. The quantitative estimate of drug-likeness (QED) is 0.874. The minimum absolute atomic E-state index is 0.0417. The molecule has 0 radical (unpaired) electrons. The first-order chi connectivity index (χ1) is 8.72. The number of carbonyl (C=O) groups is 1. The van der Waals surface area contributed by atoms with Crippen molar-refractivity contribution in [1.29, 1.82) is 0 Å². The summed E-state index contributed by atoms with van der Waals surface area (Å²) in [5.74, 6) is 1.85. The minimum atomic E-state index is -0.599. The molecule has 0 aromatic carbocycles. The van der Waals surface area contributed by atoms with Crippen LogP contribution < -0.4 is 10.6 Å². The topological polar surface area (TPSA) is 54.0 Å². The Balaban J connectivity index is 1.99. The number of aromatic nitrogens is 1. The molecule has 1 atom stereocenters. The van der Waals surface area contributed by atoms with Crippen molar-refractivity contribution in [1.82, 2.24) is 10.3 Å². The van der Waals surface area contributed by atoms with Crippen LogP contribution in [0.25, 0.3) is 0 Å². The standard InChI is InChI=1S/C12H16FN3OS/c1-14-11-10(13)9(2-4-15-11)12(17)16-6-8-3-5-18-7-8/h2,4,8H,3,5-7H2,1H3,(H,14,15)(H,16,17). The van der Waals surface area contributed by atoms with E-state index in [1.165, 1.54) is 12.3 Å². The lowest BCUT2D eigenvalue weighted by molar-refractivity contribution is 0.0944. The second-order valence-corrected chi connectivity index (χ2v) is 5.36. The van der Waals surface area contributed by atoms with Gasteiger partial charge in [0.15, 0.2) is 11.6 Å². The first-order valence-electron chi connectivity index (χ1n) is 5.90. The highest BCUT2D eigenvalue weighted by atomic mass is 32.2. The summed E-state index contributed by atoms with van der Waals surface area (Å²) in [6.07, 6.45) is 2.54. The maximum absolute atomic E-state index is 13.8. The Hall–Kier alpha value is -1.30. The van der Waals surface area contributed by atoms with Crippen molar-refractivity contribution >= 4 is 23.5 Å². The molecule has 1 fully saturated rings. The average Bonchev–Trinajstić information content (AvgIpc) is 2.89. The highest BCUT2D eigenvalue weighted by Gasteiger charge is 2.19. The van der Waals surface area contributed by atoms with Gasteiger partial charge >= 0.3 is 0 Å². The number of halogens is 1. The van der Waals surface area contributed by atoms with Gasteiger partial charge in [-0.3, -0.25) is 4.79 Å². The number of hydrogen-bond acceptors (Lipinski definition) is 4. The average molecular weight is 269 g/mol. The Morgan fingerprint density at radius 2 is 2.50 bits per heavy atom. The smallest absolute Gasteiger partial charge is 0.254 e. The summed E-state index contributed by atoms with van der Waals surface area (Å²) in [4.78, 5) is 15.7. The molecular formula is C12H16FN3OS. The molecule has 2 N–H and O–H groups in total. The van der Waals surface area contributed by atoms with Gasteiger partial charge in [0.2, 0.25) is 0 Å². The number of thioether (sulfide) groups is 1. The first-order valence-corrected chi connectivity index (χ1v) is 7.06. The maximum atomic E-state index is 13.8. The van der Waals surface area contributed by atoms with Gasteiger partial charge in [0.05, 0.1) is 5.56 Å². The Kier molecular flexibility index (Phi) is 4.41. The van der Waals surface area contributed by atoms with Crippen molar-refractivity contribution in [2.45, 2.75) is 6.42 Å². The fraction of sp³-hybridized carbons (Fsp3) is 0.500. The summed E-state index contributed by atoms with van der Waals surface area (Å²) in [6, 6.07) is 1.40. The molecule has 1 aromatic rings. The number of nitrogens with zero attached hydrogens (tertiary/aromatic N) is 1. The van der Waals surface area contributed by atoms with Crippen LogP contribution in [0.2, 0.25) is 0 Å². The van der Waals surface area contributed by atoms with Crippen molar-refractivity contribution in [2.24, 2.45) is 5.92 Å². The molecule has 2 heterocycles. The second-order valence-electron chi connectivity index (χ2n) is 4.21. The maximum Gasteiger partial charge on any atom is 0.254 e. The zero-order chi connectivity index (χ0) is 13.0. The van der Waals surface area contributed by atoms with Crippen LogP contribution >= 0.6 is 11.8 Å². The van der Waals surface area contributed by atoms with Crippen LogP contribution in [-0.2, 0) is 0 Å². The van der Waals surface area contributed by atoms with Crippen LogP contribution in [0.1, 0.15) is 16.8 Å². The van der Waals surface area contributed by atoms with Crippen LogP contribution in [0.3, 0.4) is 0 Å². The molecule has 98 valence electrons. The van der Waals surface area contributed by atoms with E-state index < -0.39 is 5.82 Å². The van der Waals surface area contributed by atoms with Crippen LogP contribution in [0.4, 0.5) is 10.2 Å². The van der Waals surface area contributed by atoms with Gasteiger partial charge in [-0.2, -0.15) is 11.8 Å². The summed E-state index contributed by atoms with van der Waals surface area (Å²) in [7, 11) is 1.57. The number of anilines is 1. The van der Waals surface area contributed by atoms with Gasteiger partial charge < -0.3 is 10.6 Å². The largest absolute Gasteiger partial charge is 0.371 e. The number of pyridine rings is 1. The van der Waals surface area contributed by atoms with Crippen LogP contribution in [0, 0.1) is 11.7 Å². The third kappa shape index (κ3) is 2.93. The number of carbonyl (C=O) groups excluding carboxylic acids is 1. The molecule has 0 aliphatic carbocycles. The van der Waals surface area contributed by atoms with E-state index in [4.69, 9.17) is 0 Å². The zero-order valence-corrected chi connectivity index (χ0v) is 11.0. The van der Waals surface area contributed by atoms with Gasteiger partial charge in [0, 0.05) is 19.8 Å². The summed E-state index contributed by atoms with van der Waals surface area (Å²) in [6.45, 7) is 0.614. The Morgan fingerprint density at radius 1 is 1.67 bits per heavy atom. The Morgan fingerprint density at radius 3 is 3.17 bits per heavy atom. The molecule has 1 saturated heterocycles. The highest BCUT2D eigenvalue weighted by Crippen LogP contribution is 2.22. The molecule has 4 nitrogen and oxygen atoms in total. The normalized spacial score (nSPS) is 18.7. The number of rotatable bonds is 4. The van der Waals surface area contributed by atoms with Crippen LogP contribution in [-0.4, -0.2) is 36.0 Å². The predicted molar refractivity (Wildman–Crippen MR) is 71.5 cm³/mol. The lowest BCUT2D eigenvalue weighted by atomic mass is 10.1. The monoisotopic (exact) mass is 269 g/mol. The molecule has 0 spiro atoms. The first kappa shape index (κ1) is 13.1. The van der Waals surface area contributed by atoms with E-state index in [1.807, 2.05) is 11.8 Å². The third-order valence-corrected chi connectivity index (χ3v) is 4.18. The van der Waals surface area contributed by atoms with E-state index in [0.29, 0.717) is 12.5 Å². The molecule has 0 bridgehead atoms. The number of amides is 1. The molecule has 18 heavy (non-hydrogen) atoms. The number of hydrogen-bond donors (Lipinski definition) is 2. The minimum Gasteiger partial charge on any atom is -0.371 e. The van der Waals surface area contributed by atoms with E-state index in [1.54, 1.807) is 7.05 Å². The van der Waals surface area contributed by atoms with Gasteiger partial charge in [-0.1, -0.05) is 0 Å². The number of nitrogens with one attached hydrogen (secondary N) is 2. The van der Waals surface area contributed by atoms with Crippen LogP contribution in [0.15, 0.2) is 12.3 Å². The zero-order valence-electron chi connectivity index (χ0n) is 10.2. The molecule has 1 aliphatic rings. The highest BCUT2D eigenvalue weighted by molar-refractivity contribution is 7.99. The van der Waals surface area contributed by atoms with E-state index in [9.17, 15) is 9.18 Å². The van der Waals surface area contributed by atoms with Crippen molar-refractivity contribution in [3.63, 3.8) is 0 Å². The van der Waals surface area contributed by atoms with Crippen molar-refractivity contribution in [3.8, 4) is 0 Å². The summed E-state index contributed by atoms with van der Waals surface area (Å²) in [5, 5.41) is 5.40. The van der Waals surface area contributed by atoms with E-state index >= 15 is 0 Å². The Labute approximate surface area is 110 Å². The SMILES string of the molecule is CNc1nccc(C(=O)NCC2CCSC2)c1F. The Bertz CT molecular complexity index is 435. The summed E-state index contributed by atoms with van der Waals surface area (Å²) >= 11 is 1.89. The molecule has 1 amide bonds. The van der Waals surface area contributed by atoms with Crippen molar-refractivity contribution in [2.75, 3.05) is 30.4 Å². The molecule has 0 saturated carbocycles. The van der Waals surface area contributed by atoms with E-state index in [0.717, 1.165) is 17.9 Å². The van der Waals surface area contributed by atoms with Crippen LogP contribution in [0.5, 0.6) is 0 Å². The summed E-state index contributed by atoms with van der Waals surface area (Å²) in [5.41, 5.74) is 0.0417. The van der Waals surface area contributed by atoms with E-state index in [-0.39, 0.29) is 17.3 Å². The lowest BCUT2D eigenvalue weighted by Crippen LogP contribution is -2.30. The van der Waals surface area contributed by atoms with E-state index in [2.05, 4.69) is 15.6 Å². The lowest BCUT2D eigenvalue weighted by Gasteiger charge is -2.11. The van der Waals surface area contributed by atoms with Gasteiger partial charge in [-0.05, 0) is 29.9 Å². The van der Waals surface area contributed by atoms with Gasteiger partial charge in [-0.15, -0.1) is 0 Å². The molecule has 1 aliphatic heterocycles. The molecule has 1 unspecified atom stereocenters. The molecule has 1 aromatic heterocycles. The third-order valence-electron chi connectivity index (χ3n) is 2.95. The second kappa shape index (κ2) is 6.04. The predicted octanol–water partition coefficient (Wildman–Crippen LogP) is 1.75. The van der Waals surface area contributed by atoms with Gasteiger partial charge in [0.25, 0.3) is 5.91 Å². The summed E-state index contributed by atoms with van der Waals surface area (Å²) < 4.78 is 13.8. The molecule has 2 rings (SSSR count). The molecular weight excluding hydrogens is 253 g/mol. The fourth-order valence-corrected chi connectivity index (χ4v) is 3.15. The van der Waals surface area contributed by atoms with Gasteiger partial charge in [0.1, 0.15) is 0 Å². The van der Waals surface area contributed by atoms with Gasteiger partial charge in [-0.25, -0.2) is 9.37 Å². The molecule has 6 heteroatoms.